The number of nitrogens with one attached hydrogen (secondary N) is 1. The van der Waals surface area contributed by atoms with Gasteiger partial charge < -0.3 is 9.73 Å². The minimum absolute atomic E-state index is 0.140. The standard InChI is InChI=1S/C18H15N3O3S/c1-18(13-5-3-2-4-6-13)16(22)21(17(23)20-18)9-14-11-25-15(19-14)12-7-8-24-10-12/h2-8,10-11H,9H2,1H3,(H,20,23). The summed E-state index contributed by atoms with van der Waals surface area (Å²) in [4.78, 5) is 30.9. The molecule has 0 bridgehead atoms. The van der Waals surface area contributed by atoms with Gasteiger partial charge in [-0.3, -0.25) is 9.69 Å². The van der Waals surface area contributed by atoms with E-state index in [0.29, 0.717) is 5.69 Å². The average Bonchev–Trinajstić information content (AvgIpc) is 3.34. The van der Waals surface area contributed by atoms with Crippen molar-refractivity contribution in [3.8, 4) is 10.6 Å². The van der Waals surface area contributed by atoms with Crippen LogP contribution in [0.15, 0.2) is 58.7 Å². The lowest BCUT2D eigenvalue weighted by atomic mass is 9.92. The Bertz CT molecular complexity index is 920. The van der Waals surface area contributed by atoms with Gasteiger partial charge in [-0.05, 0) is 18.6 Å². The van der Waals surface area contributed by atoms with Gasteiger partial charge in [0.1, 0.15) is 16.8 Å². The van der Waals surface area contributed by atoms with Gasteiger partial charge in [0.05, 0.1) is 18.5 Å². The third kappa shape index (κ3) is 2.62. The number of imide groups is 1. The SMILES string of the molecule is CC1(c2ccccc2)NC(=O)N(Cc2csc(-c3ccoc3)n2)C1=O. The summed E-state index contributed by atoms with van der Waals surface area (Å²) in [5.74, 6) is -0.276. The second kappa shape index (κ2) is 5.86. The molecule has 0 spiro atoms. The second-order valence-corrected chi connectivity index (χ2v) is 6.83. The van der Waals surface area contributed by atoms with E-state index in [9.17, 15) is 9.59 Å². The van der Waals surface area contributed by atoms with Crippen LogP contribution >= 0.6 is 11.3 Å². The number of nitrogens with zero attached hydrogens (tertiary/aromatic N) is 2. The maximum absolute atomic E-state index is 12.9. The Balaban J connectivity index is 1.57. The fourth-order valence-corrected chi connectivity index (χ4v) is 3.67. The van der Waals surface area contributed by atoms with Crippen LogP contribution in [0.3, 0.4) is 0 Å². The summed E-state index contributed by atoms with van der Waals surface area (Å²) >= 11 is 1.45. The van der Waals surface area contributed by atoms with Gasteiger partial charge in [-0.2, -0.15) is 0 Å². The fourth-order valence-electron chi connectivity index (χ4n) is 2.87. The van der Waals surface area contributed by atoms with E-state index in [4.69, 9.17) is 4.42 Å². The van der Waals surface area contributed by atoms with Gasteiger partial charge in [0, 0.05) is 10.9 Å². The molecule has 0 saturated carbocycles. The number of carbonyl (C=O) groups is 2. The Hall–Kier alpha value is -2.93. The summed E-state index contributed by atoms with van der Waals surface area (Å²) in [7, 11) is 0. The maximum atomic E-state index is 12.9. The van der Waals surface area contributed by atoms with Crippen molar-refractivity contribution in [3.63, 3.8) is 0 Å². The normalized spacial score (nSPS) is 20.1. The highest BCUT2D eigenvalue weighted by Crippen LogP contribution is 2.30. The van der Waals surface area contributed by atoms with E-state index in [-0.39, 0.29) is 12.5 Å². The number of rotatable bonds is 4. The topological polar surface area (TPSA) is 75.4 Å². The number of aromatic nitrogens is 1. The van der Waals surface area contributed by atoms with Crippen LogP contribution < -0.4 is 5.32 Å². The number of benzene rings is 1. The van der Waals surface area contributed by atoms with E-state index in [1.807, 2.05) is 41.8 Å². The van der Waals surface area contributed by atoms with Crippen LogP contribution in [-0.4, -0.2) is 21.8 Å². The van der Waals surface area contributed by atoms with E-state index in [1.54, 1.807) is 19.5 Å². The quantitative estimate of drug-likeness (QED) is 0.730. The van der Waals surface area contributed by atoms with E-state index in [2.05, 4.69) is 10.3 Å². The van der Waals surface area contributed by atoms with E-state index >= 15 is 0 Å². The Kier molecular flexibility index (Phi) is 3.65. The predicted octanol–water partition coefficient (Wildman–Crippen LogP) is 3.37. The first-order chi connectivity index (χ1) is 12.1. The van der Waals surface area contributed by atoms with Crippen LogP contribution in [0.5, 0.6) is 0 Å². The molecule has 1 unspecified atom stereocenters. The molecule has 25 heavy (non-hydrogen) atoms. The second-order valence-electron chi connectivity index (χ2n) is 5.97. The zero-order chi connectivity index (χ0) is 17.4. The molecule has 4 rings (SSSR count). The van der Waals surface area contributed by atoms with Crippen molar-refractivity contribution in [2.75, 3.05) is 0 Å². The summed E-state index contributed by atoms with van der Waals surface area (Å²) in [6, 6.07) is 10.7. The van der Waals surface area contributed by atoms with Gasteiger partial charge in [0.15, 0.2) is 0 Å². The molecule has 3 aromatic rings. The molecule has 3 heterocycles. The molecule has 1 fully saturated rings. The van der Waals surface area contributed by atoms with Crippen molar-refractivity contribution < 1.29 is 14.0 Å². The highest BCUT2D eigenvalue weighted by molar-refractivity contribution is 7.13. The van der Waals surface area contributed by atoms with Crippen molar-refractivity contribution in [3.05, 3.63) is 65.6 Å². The molecular weight excluding hydrogens is 338 g/mol. The third-order valence-corrected chi connectivity index (χ3v) is 5.21. The molecule has 1 aliphatic heterocycles. The molecular formula is C18H15N3O3S. The summed E-state index contributed by atoms with van der Waals surface area (Å²) < 4.78 is 5.06. The van der Waals surface area contributed by atoms with Crippen LogP contribution in [0.2, 0.25) is 0 Å². The van der Waals surface area contributed by atoms with Crippen molar-refractivity contribution in [2.24, 2.45) is 0 Å². The van der Waals surface area contributed by atoms with Crippen LogP contribution in [-0.2, 0) is 16.9 Å². The van der Waals surface area contributed by atoms with Crippen molar-refractivity contribution in [1.82, 2.24) is 15.2 Å². The molecule has 7 heteroatoms. The Morgan fingerprint density at radius 2 is 2.04 bits per heavy atom. The lowest BCUT2D eigenvalue weighted by Gasteiger charge is -2.21. The van der Waals surface area contributed by atoms with Gasteiger partial charge in [0.2, 0.25) is 0 Å². The molecule has 1 aromatic carbocycles. The van der Waals surface area contributed by atoms with E-state index in [1.165, 1.54) is 16.2 Å². The number of hydrogen-bond acceptors (Lipinski definition) is 5. The molecule has 1 aliphatic rings. The first kappa shape index (κ1) is 15.6. The minimum Gasteiger partial charge on any atom is -0.472 e. The summed E-state index contributed by atoms with van der Waals surface area (Å²) in [6.07, 6.45) is 3.20. The largest absolute Gasteiger partial charge is 0.472 e. The molecule has 2 aromatic heterocycles. The summed E-state index contributed by atoms with van der Waals surface area (Å²) in [6.45, 7) is 1.86. The van der Waals surface area contributed by atoms with Crippen LogP contribution in [0.25, 0.3) is 10.6 Å². The molecule has 126 valence electrons. The number of carbonyl (C=O) groups excluding carboxylic acids is 2. The predicted molar refractivity (Wildman–Crippen MR) is 92.7 cm³/mol. The third-order valence-electron chi connectivity index (χ3n) is 4.27. The van der Waals surface area contributed by atoms with Crippen LogP contribution in [0.1, 0.15) is 18.2 Å². The number of urea groups is 1. The first-order valence-electron chi connectivity index (χ1n) is 7.74. The van der Waals surface area contributed by atoms with E-state index in [0.717, 1.165) is 16.1 Å². The lowest BCUT2D eigenvalue weighted by molar-refractivity contribution is -0.131. The van der Waals surface area contributed by atoms with Gasteiger partial charge in [-0.1, -0.05) is 30.3 Å². The van der Waals surface area contributed by atoms with Crippen molar-refractivity contribution in [1.29, 1.82) is 0 Å². The molecule has 3 amide bonds. The monoisotopic (exact) mass is 353 g/mol. The van der Waals surface area contributed by atoms with Gasteiger partial charge >= 0.3 is 6.03 Å². The Morgan fingerprint density at radius 3 is 2.76 bits per heavy atom. The Morgan fingerprint density at radius 1 is 1.24 bits per heavy atom. The number of furan rings is 1. The maximum Gasteiger partial charge on any atom is 0.325 e. The lowest BCUT2D eigenvalue weighted by Crippen LogP contribution is -2.40. The number of thiazole rings is 1. The van der Waals surface area contributed by atoms with E-state index < -0.39 is 11.6 Å². The highest BCUT2D eigenvalue weighted by Gasteiger charge is 2.48. The van der Waals surface area contributed by atoms with Gasteiger partial charge in [0.25, 0.3) is 5.91 Å². The minimum atomic E-state index is -1.05. The molecule has 6 nitrogen and oxygen atoms in total. The zero-order valence-electron chi connectivity index (χ0n) is 13.4. The average molecular weight is 353 g/mol. The zero-order valence-corrected chi connectivity index (χ0v) is 14.2. The summed E-state index contributed by atoms with van der Waals surface area (Å²) in [5.41, 5.74) is 1.25. The molecule has 0 radical (unpaired) electrons. The molecule has 0 aliphatic carbocycles. The molecule has 1 N–H and O–H groups in total. The smallest absolute Gasteiger partial charge is 0.325 e. The molecule has 1 saturated heterocycles. The van der Waals surface area contributed by atoms with Gasteiger partial charge in [-0.25, -0.2) is 9.78 Å². The van der Waals surface area contributed by atoms with Gasteiger partial charge in [-0.15, -0.1) is 11.3 Å². The van der Waals surface area contributed by atoms with Crippen LogP contribution in [0.4, 0.5) is 4.79 Å². The highest BCUT2D eigenvalue weighted by atomic mass is 32.1. The summed E-state index contributed by atoms with van der Waals surface area (Å²) in [5, 5.41) is 5.44. The molecule has 1 atom stereocenters. The number of hydrogen-bond donors (Lipinski definition) is 1. The Labute approximate surface area is 148 Å². The van der Waals surface area contributed by atoms with Crippen molar-refractivity contribution >= 4 is 23.3 Å². The van der Waals surface area contributed by atoms with Crippen molar-refractivity contribution in [2.45, 2.75) is 19.0 Å². The fraction of sp³-hybridized carbons (Fsp3) is 0.167. The van der Waals surface area contributed by atoms with Crippen LogP contribution in [0, 0.1) is 0 Å². The first-order valence-corrected chi connectivity index (χ1v) is 8.62. The number of amides is 3.